The quantitative estimate of drug-likeness (QED) is 0.867. The van der Waals surface area contributed by atoms with E-state index in [-0.39, 0.29) is 6.10 Å². The van der Waals surface area contributed by atoms with Crippen molar-refractivity contribution in [3.63, 3.8) is 0 Å². The van der Waals surface area contributed by atoms with Gasteiger partial charge in [-0.2, -0.15) is 0 Å². The molecule has 0 radical (unpaired) electrons. The lowest BCUT2D eigenvalue weighted by Gasteiger charge is -2.11. The standard InChI is InChI=1S/C17H19ClO/c1-13-4-2-5-14(10-13)8-9-17(19)12-15-6-3-7-16(18)11-15/h2-7,10-11,17,19H,8-9,12H2,1H3. The monoisotopic (exact) mass is 274 g/mol. The Bertz CT molecular complexity index is 536. The molecule has 2 aromatic rings. The molecule has 19 heavy (non-hydrogen) atoms. The van der Waals surface area contributed by atoms with E-state index in [1.165, 1.54) is 11.1 Å². The van der Waals surface area contributed by atoms with Crippen LogP contribution in [-0.4, -0.2) is 11.2 Å². The van der Waals surface area contributed by atoms with Crippen LogP contribution in [0.3, 0.4) is 0 Å². The van der Waals surface area contributed by atoms with Crippen LogP contribution >= 0.6 is 11.6 Å². The van der Waals surface area contributed by atoms with Gasteiger partial charge in [-0.3, -0.25) is 0 Å². The maximum atomic E-state index is 10.1. The molecule has 0 aliphatic heterocycles. The maximum absolute atomic E-state index is 10.1. The Morgan fingerprint density at radius 2 is 1.79 bits per heavy atom. The Balaban J connectivity index is 1.86. The van der Waals surface area contributed by atoms with Crippen LogP contribution < -0.4 is 0 Å². The minimum absolute atomic E-state index is 0.320. The Kier molecular flexibility index (Phi) is 5.00. The second kappa shape index (κ2) is 6.74. The summed E-state index contributed by atoms with van der Waals surface area (Å²) in [5.41, 5.74) is 3.64. The molecule has 0 aromatic heterocycles. The molecule has 100 valence electrons. The van der Waals surface area contributed by atoms with Gasteiger partial charge in [0.1, 0.15) is 0 Å². The molecule has 0 saturated carbocycles. The fourth-order valence-electron chi connectivity index (χ4n) is 2.24. The minimum Gasteiger partial charge on any atom is -0.393 e. The van der Waals surface area contributed by atoms with Gasteiger partial charge in [-0.1, -0.05) is 53.6 Å². The van der Waals surface area contributed by atoms with E-state index in [1.807, 2.05) is 24.3 Å². The molecule has 1 atom stereocenters. The van der Waals surface area contributed by atoms with Crippen LogP contribution in [0.5, 0.6) is 0 Å². The molecular weight excluding hydrogens is 256 g/mol. The van der Waals surface area contributed by atoms with Gasteiger partial charge < -0.3 is 5.11 Å². The summed E-state index contributed by atoms with van der Waals surface area (Å²) in [7, 11) is 0. The lowest BCUT2D eigenvalue weighted by atomic mass is 10.0. The summed E-state index contributed by atoms with van der Waals surface area (Å²) in [4.78, 5) is 0. The van der Waals surface area contributed by atoms with Crippen molar-refractivity contribution < 1.29 is 5.11 Å². The molecule has 0 aliphatic carbocycles. The first-order valence-corrected chi connectivity index (χ1v) is 6.99. The topological polar surface area (TPSA) is 20.2 Å². The molecule has 0 saturated heterocycles. The molecular formula is C17H19ClO. The average Bonchev–Trinajstić information content (AvgIpc) is 2.36. The van der Waals surface area contributed by atoms with Gasteiger partial charge in [0.2, 0.25) is 0 Å². The highest BCUT2D eigenvalue weighted by Crippen LogP contribution is 2.15. The van der Waals surface area contributed by atoms with E-state index in [4.69, 9.17) is 11.6 Å². The molecule has 0 fully saturated rings. The van der Waals surface area contributed by atoms with E-state index in [9.17, 15) is 5.11 Å². The van der Waals surface area contributed by atoms with Gasteiger partial charge in [0.15, 0.2) is 0 Å². The molecule has 2 rings (SSSR count). The molecule has 1 N–H and O–H groups in total. The summed E-state index contributed by atoms with van der Waals surface area (Å²) in [6, 6.07) is 16.1. The second-order valence-corrected chi connectivity index (χ2v) is 5.45. The van der Waals surface area contributed by atoms with Crippen LogP contribution in [0.15, 0.2) is 48.5 Å². The summed E-state index contributed by atoms with van der Waals surface area (Å²) in [5.74, 6) is 0. The number of hydrogen-bond donors (Lipinski definition) is 1. The number of halogens is 1. The summed E-state index contributed by atoms with van der Waals surface area (Å²) >= 11 is 5.94. The zero-order valence-electron chi connectivity index (χ0n) is 11.1. The van der Waals surface area contributed by atoms with Crippen LogP contribution in [0.4, 0.5) is 0 Å². The highest BCUT2D eigenvalue weighted by atomic mass is 35.5. The summed E-state index contributed by atoms with van der Waals surface area (Å²) < 4.78 is 0. The van der Waals surface area contributed by atoms with Crippen LogP contribution in [0.1, 0.15) is 23.1 Å². The third-order valence-corrected chi connectivity index (χ3v) is 3.44. The summed E-state index contributed by atoms with van der Waals surface area (Å²) in [5, 5.41) is 10.8. The average molecular weight is 275 g/mol. The minimum atomic E-state index is -0.320. The van der Waals surface area contributed by atoms with Crippen molar-refractivity contribution in [2.45, 2.75) is 32.3 Å². The lowest BCUT2D eigenvalue weighted by Crippen LogP contribution is -2.11. The van der Waals surface area contributed by atoms with Gasteiger partial charge in [-0.15, -0.1) is 0 Å². The van der Waals surface area contributed by atoms with Gasteiger partial charge in [-0.05, 0) is 49.4 Å². The van der Waals surface area contributed by atoms with Gasteiger partial charge in [0.25, 0.3) is 0 Å². The fourth-order valence-corrected chi connectivity index (χ4v) is 2.45. The highest BCUT2D eigenvalue weighted by Gasteiger charge is 2.06. The molecule has 0 amide bonds. The predicted octanol–water partition coefficient (Wildman–Crippen LogP) is 4.18. The molecule has 0 spiro atoms. The van der Waals surface area contributed by atoms with Crippen molar-refractivity contribution in [3.05, 3.63) is 70.2 Å². The van der Waals surface area contributed by atoms with E-state index < -0.39 is 0 Å². The molecule has 2 heteroatoms. The van der Waals surface area contributed by atoms with Crippen molar-refractivity contribution >= 4 is 11.6 Å². The molecule has 1 unspecified atom stereocenters. The number of rotatable bonds is 5. The number of aryl methyl sites for hydroxylation is 2. The third-order valence-electron chi connectivity index (χ3n) is 3.21. The van der Waals surface area contributed by atoms with Crippen molar-refractivity contribution in [2.75, 3.05) is 0 Å². The highest BCUT2D eigenvalue weighted by molar-refractivity contribution is 6.30. The van der Waals surface area contributed by atoms with Gasteiger partial charge in [0.05, 0.1) is 6.10 Å². The van der Waals surface area contributed by atoms with Crippen LogP contribution in [0.2, 0.25) is 5.02 Å². The second-order valence-electron chi connectivity index (χ2n) is 5.02. The number of hydrogen-bond acceptors (Lipinski definition) is 1. The first kappa shape index (κ1) is 14.1. The van der Waals surface area contributed by atoms with Crippen molar-refractivity contribution in [1.82, 2.24) is 0 Å². The number of aliphatic hydroxyl groups excluding tert-OH is 1. The molecule has 0 bridgehead atoms. The Morgan fingerprint density at radius 3 is 2.53 bits per heavy atom. The smallest absolute Gasteiger partial charge is 0.0583 e. The Labute approximate surface area is 119 Å². The summed E-state index contributed by atoms with van der Waals surface area (Å²) in [6.07, 6.45) is 2.02. The molecule has 0 aliphatic rings. The fraction of sp³-hybridized carbons (Fsp3) is 0.294. The van der Waals surface area contributed by atoms with Crippen LogP contribution in [0.25, 0.3) is 0 Å². The largest absolute Gasteiger partial charge is 0.393 e. The number of benzene rings is 2. The zero-order chi connectivity index (χ0) is 13.7. The van der Waals surface area contributed by atoms with Crippen molar-refractivity contribution in [2.24, 2.45) is 0 Å². The van der Waals surface area contributed by atoms with Gasteiger partial charge >= 0.3 is 0 Å². The Hall–Kier alpha value is -1.31. The first-order chi connectivity index (χ1) is 9.13. The molecule has 0 heterocycles. The molecule has 1 nitrogen and oxygen atoms in total. The zero-order valence-corrected chi connectivity index (χ0v) is 11.9. The van der Waals surface area contributed by atoms with Crippen LogP contribution in [0, 0.1) is 6.92 Å². The van der Waals surface area contributed by atoms with Gasteiger partial charge in [-0.25, -0.2) is 0 Å². The number of aliphatic hydroxyl groups is 1. The predicted molar refractivity (Wildman–Crippen MR) is 80.7 cm³/mol. The van der Waals surface area contributed by atoms with E-state index in [2.05, 4.69) is 31.2 Å². The van der Waals surface area contributed by atoms with E-state index in [0.29, 0.717) is 6.42 Å². The van der Waals surface area contributed by atoms with Crippen molar-refractivity contribution in [1.29, 1.82) is 0 Å². The van der Waals surface area contributed by atoms with E-state index >= 15 is 0 Å². The van der Waals surface area contributed by atoms with Gasteiger partial charge in [0, 0.05) is 5.02 Å². The Morgan fingerprint density at radius 1 is 1.05 bits per heavy atom. The van der Waals surface area contributed by atoms with E-state index in [1.54, 1.807) is 0 Å². The third kappa shape index (κ3) is 4.70. The SMILES string of the molecule is Cc1cccc(CCC(O)Cc2cccc(Cl)c2)c1. The normalized spacial score (nSPS) is 12.4. The van der Waals surface area contributed by atoms with Crippen LogP contribution in [-0.2, 0) is 12.8 Å². The van der Waals surface area contributed by atoms with E-state index in [0.717, 1.165) is 23.4 Å². The lowest BCUT2D eigenvalue weighted by molar-refractivity contribution is 0.165. The summed E-state index contributed by atoms with van der Waals surface area (Å²) in [6.45, 7) is 2.09. The maximum Gasteiger partial charge on any atom is 0.0583 e. The first-order valence-electron chi connectivity index (χ1n) is 6.61. The van der Waals surface area contributed by atoms with Crippen molar-refractivity contribution in [3.8, 4) is 0 Å². The molecule has 2 aromatic carbocycles.